The van der Waals surface area contributed by atoms with Gasteiger partial charge < -0.3 is 14.2 Å². The van der Waals surface area contributed by atoms with Gasteiger partial charge in [-0.3, -0.25) is 9.36 Å². The molecule has 0 bridgehead atoms. The van der Waals surface area contributed by atoms with Crippen molar-refractivity contribution in [2.75, 3.05) is 20.8 Å². The van der Waals surface area contributed by atoms with Crippen molar-refractivity contribution in [2.45, 2.75) is 19.9 Å². The molecule has 1 aromatic heterocycles. The lowest BCUT2D eigenvalue weighted by atomic mass is 9.96. The molecule has 8 heteroatoms. The van der Waals surface area contributed by atoms with E-state index in [1.54, 1.807) is 36.8 Å². The summed E-state index contributed by atoms with van der Waals surface area (Å²) in [5.41, 5.74) is 2.17. The van der Waals surface area contributed by atoms with Gasteiger partial charge in [-0.05, 0) is 43.7 Å². The van der Waals surface area contributed by atoms with E-state index in [0.717, 1.165) is 11.1 Å². The first kappa shape index (κ1) is 22.5. The smallest absolute Gasteiger partial charge is 0.338 e. The molecule has 1 aliphatic heterocycles. The third-order valence-electron chi connectivity index (χ3n) is 5.36. The van der Waals surface area contributed by atoms with Crippen molar-refractivity contribution in [2.24, 2.45) is 4.99 Å². The van der Waals surface area contributed by atoms with Crippen LogP contribution in [-0.4, -0.2) is 31.4 Å². The van der Waals surface area contributed by atoms with E-state index in [-0.39, 0.29) is 5.56 Å². The highest BCUT2D eigenvalue weighted by Gasteiger charge is 2.33. The summed E-state index contributed by atoms with van der Waals surface area (Å²) >= 11 is 1.28. The van der Waals surface area contributed by atoms with E-state index >= 15 is 0 Å². The molecule has 0 saturated heterocycles. The van der Waals surface area contributed by atoms with Gasteiger partial charge in [0.05, 0.1) is 42.7 Å². The van der Waals surface area contributed by atoms with Crippen LogP contribution in [0.1, 0.15) is 31.0 Å². The molecule has 3 aromatic rings. The number of benzene rings is 2. The van der Waals surface area contributed by atoms with E-state index in [1.165, 1.54) is 18.4 Å². The summed E-state index contributed by atoms with van der Waals surface area (Å²) in [6.45, 7) is 4.19. The second kappa shape index (κ2) is 9.46. The average Bonchev–Trinajstić information content (AvgIpc) is 3.13. The molecule has 0 N–H and O–H groups in total. The van der Waals surface area contributed by atoms with Gasteiger partial charge in [0.15, 0.2) is 4.80 Å². The minimum atomic E-state index is -0.663. The Morgan fingerprint density at radius 3 is 2.55 bits per heavy atom. The molecule has 0 amide bonds. The van der Waals surface area contributed by atoms with Gasteiger partial charge in [0.25, 0.3) is 5.56 Å². The van der Waals surface area contributed by atoms with Crippen molar-refractivity contribution in [3.63, 3.8) is 0 Å². The number of para-hydroxylation sites is 1. The first-order valence-corrected chi connectivity index (χ1v) is 11.3. The fraction of sp³-hybridized carbons (Fsp3) is 0.240. The van der Waals surface area contributed by atoms with Crippen LogP contribution >= 0.6 is 11.3 Å². The standard InChI is InChI=1S/C25H24N2O5S/c1-5-32-19-9-7-6-8-17(19)14-20-23(28)27-22(16-10-12-18(30-3)13-11-16)21(24(29)31-4)15(2)26-25(27)33-20/h6-14,22H,5H2,1-4H3/b20-14+/t22-/m0/s1. The van der Waals surface area contributed by atoms with Gasteiger partial charge in [-0.15, -0.1) is 0 Å². The van der Waals surface area contributed by atoms with Gasteiger partial charge in [-0.25, -0.2) is 9.79 Å². The van der Waals surface area contributed by atoms with Gasteiger partial charge in [0.2, 0.25) is 0 Å². The number of nitrogens with zero attached hydrogens (tertiary/aromatic N) is 2. The van der Waals surface area contributed by atoms with Crippen LogP contribution in [0.5, 0.6) is 11.5 Å². The Bertz CT molecular complexity index is 1400. The van der Waals surface area contributed by atoms with E-state index in [4.69, 9.17) is 14.2 Å². The van der Waals surface area contributed by atoms with Crippen molar-refractivity contribution < 1.29 is 19.0 Å². The third-order valence-corrected chi connectivity index (χ3v) is 6.35. The van der Waals surface area contributed by atoms with Crippen molar-refractivity contribution in [3.8, 4) is 11.5 Å². The van der Waals surface area contributed by atoms with E-state index in [9.17, 15) is 9.59 Å². The zero-order chi connectivity index (χ0) is 23.5. The molecular formula is C25H24N2O5S. The number of methoxy groups -OCH3 is 2. The van der Waals surface area contributed by atoms with E-state index < -0.39 is 12.0 Å². The monoisotopic (exact) mass is 464 g/mol. The lowest BCUT2D eigenvalue weighted by Gasteiger charge is -2.24. The van der Waals surface area contributed by atoms with Crippen LogP contribution in [0.25, 0.3) is 6.08 Å². The highest BCUT2D eigenvalue weighted by molar-refractivity contribution is 7.07. The predicted molar refractivity (Wildman–Crippen MR) is 126 cm³/mol. The number of esters is 1. The number of allylic oxidation sites excluding steroid dienone is 1. The molecule has 0 spiro atoms. The first-order chi connectivity index (χ1) is 16.0. The van der Waals surface area contributed by atoms with Crippen molar-refractivity contribution in [1.29, 1.82) is 0 Å². The molecular weight excluding hydrogens is 440 g/mol. The van der Waals surface area contributed by atoms with E-state index in [2.05, 4.69) is 4.99 Å². The van der Waals surface area contributed by atoms with Gasteiger partial charge >= 0.3 is 5.97 Å². The molecule has 2 heterocycles. The largest absolute Gasteiger partial charge is 0.497 e. The zero-order valence-corrected chi connectivity index (χ0v) is 19.6. The maximum absolute atomic E-state index is 13.6. The molecule has 0 unspecified atom stereocenters. The molecule has 1 aliphatic rings. The molecule has 33 heavy (non-hydrogen) atoms. The van der Waals surface area contributed by atoms with E-state index in [0.29, 0.717) is 38.7 Å². The van der Waals surface area contributed by atoms with Crippen LogP contribution in [0, 0.1) is 0 Å². The second-order valence-corrected chi connectivity index (χ2v) is 8.33. The zero-order valence-electron chi connectivity index (χ0n) is 18.8. The van der Waals surface area contributed by atoms with Crippen molar-refractivity contribution in [3.05, 3.63) is 90.6 Å². The molecule has 4 rings (SSSR count). The van der Waals surface area contributed by atoms with Crippen molar-refractivity contribution >= 4 is 23.4 Å². The Morgan fingerprint density at radius 1 is 1.15 bits per heavy atom. The van der Waals surface area contributed by atoms with Crippen molar-refractivity contribution in [1.82, 2.24) is 4.57 Å². The first-order valence-electron chi connectivity index (χ1n) is 10.4. The fourth-order valence-corrected chi connectivity index (χ4v) is 4.86. The summed E-state index contributed by atoms with van der Waals surface area (Å²) in [5.74, 6) is 0.857. The number of carbonyl (C=O) groups excluding carboxylic acids is 1. The molecule has 7 nitrogen and oxygen atoms in total. The fourth-order valence-electron chi connectivity index (χ4n) is 3.82. The van der Waals surface area contributed by atoms with Crippen LogP contribution in [0.15, 0.2) is 69.6 Å². The average molecular weight is 465 g/mol. The molecule has 1 atom stereocenters. The maximum Gasteiger partial charge on any atom is 0.338 e. The Labute approximate surface area is 194 Å². The summed E-state index contributed by atoms with van der Waals surface area (Å²) in [6.07, 6.45) is 1.80. The van der Waals surface area contributed by atoms with Gasteiger partial charge in [-0.1, -0.05) is 41.7 Å². The molecule has 0 radical (unpaired) electrons. The minimum Gasteiger partial charge on any atom is -0.497 e. The van der Waals surface area contributed by atoms with Crippen LogP contribution in [-0.2, 0) is 9.53 Å². The minimum absolute atomic E-state index is 0.236. The quantitative estimate of drug-likeness (QED) is 0.524. The summed E-state index contributed by atoms with van der Waals surface area (Å²) in [6, 6.07) is 14.2. The summed E-state index contributed by atoms with van der Waals surface area (Å²) in [4.78, 5) is 31.4. The SMILES string of the molecule is CCOc1ccccc1/C=c1/sc2n(c1=O)[C@@H](c1ccc(OC)cc1)C(C(=O)OC)=C(C)N=2. The highest BCUT2D eigenvalue weighted by Crippen LogP contribution is 2.31. The number of carbonyl (C=O) groups is 1. The second-order valence-electron chi connectivity index (χ2n) is 7.32. The van der Waals surface area contributed by atoms with Crippen LogP contribution in [0.3, 0.4) is 0 Å². The Balaban J connectivity index is 1.95. The summed E-state index contributed by atoms with van der Waals surface area (Å²) < 4.78 is 18.1. The topological polar surface area (TPSA) is 79.1 Å². The Kier molecular flexibility index (Phi) is 6.46. The number of hydrogen-bond acceptors (Lipinski definition) is 7. The molecule has 0 aliphatic carbocycles. The molecule has 170 valence electrons. The van der Waals surface area contributed by atoms with Crippen LogP contribution in [0.4, 0.5) is 0 Å². The van der Waals surface area contributed by atoms with E-state index in [1.807, 2.05) is 43.3 Å². The number of hydrogen-bond donors (Lipinski definition) is 0. The lowest BCUT2D eigenvalue weighted by molar-refractivity contribution is -0.136. The van der Waals surface area contributed by atoms with Gasteiger partial charge in [-0.2, -0.15) is 0 Å². The number of rotatable bonds is 6. The molecule has 2 aromatic carbocycles. The highest BCUT2D eigenvalue weighted by atomic mass is 32.1. The number of fused-ring (bicyclic) bond motifs is 1. The third kappa shape index (κ3) is 4.21. The molecule has 0 fully saturated rings. The van der Waals surface area contributed by atoms with Gasteiger partial charge in [0.1, 0.15) is 11.5 Å². The van der Waals surface area contributed by atoms with Crippen LogP contribution < -0.4 is 24.4 Å². The lowest BCUT2D eigenvalue weighted by Crippen LogP contribution is -2.39. The predicted octanol–water partition coefficient (Wildman–Crippen LogP) is 2.82. The summed E-state index contributed by atoms with van der Waals surface area (Å²) in [5, 5.41) is 0. The van der Waals surface area contributed by atoms with Gasteiger partial charge in [0, 0.05) is 5.56 Å². The molecule has 0 saturated carbocycles. The number of aromatic nitrogens is 1. The Morgan fingerprint density at radius 2 is 1.88 bits per heavy atom. The summed E-state index contributed by atoms with van der Waals surface area (Å²) in [7, 11) is 2.91. The van der Waals surface area contributed by atoms with Crippen LogP contribution in [0.2, 0.25) is 0 Å². The Hall–Kier alpha value is -3.65. The number of ether oxygens (including phenoxy) is 3. The maximum atomic E-state index is 13.6. The number of thiazole rings is 1. The normalized spacial score (nSPS) is 15.6.